The van der Waals surface area contributed by atoms with Crippen molar-refractivity contribution in [2.75, 3.05) is 0 Å². The van der Waals surface area contributed by atoms with Crippen molar-refractivity contribution < 1.29 is 14.3 Å². The van der Waals surface area contributed by atoms with Gasteiger partial charge in [-0.25, -0.2) is 0 Å². The summed E-state index contributed by atoms with van der Waals surface area (Å²) in [5.41, 5.74) is 0. The maximum absolute atomic E-state index is 11.3. The molecule has 7 heteroatoms. The van der Waals surface area contributed by atoms with E-state index in [0.717, 1.165) is 4.90 Å². The van der Waals surface area contributed by atoms with E-state index in [9.17, 15) is 9.90 Å². The lowest BCUT2D eigenvalue weighted by Gasteiger charge is -2.21. The second-order valence-electron chi connectivity index (χ2n) is 5.27. The molecule has 0 bridgehead atoms. The second kappa shape index (κ2) is 7.19. The number of carboxylic acid groups (broad SMARTS) is 1. The average molecular weight is 351 g/mol. The highest BCUT2D eigenvalue weighted by molar-refractivity contribution is 7.98. The van der Waals surface area contributed by atoms with Gasteiger partial charge in [0.25, 0.3) is 0 Å². The topological polar surface area (TPSA) is 76.2 Å². The predicted molar refractivity (Wildman–Crippen MR) is 87.6 cm³/mol. The Morgan fingerprint density at radius 1 is 1.26 bits per heavy atom. The first-order chi connectivity index (χ1) is 11.1. The van der Waals surface area contributed by atoms with E-state index in [4.69, 9.17) is 16.0 Å². The molecule has 0 radical (unpaired) electrons. The van der Waals surface area contributed by atoms with Crippen LogP contribution in [0.25, 0.3) is 0 Å². The number of halogens is 1. The second-order valence-corrected chi connectivity index (χ2v) is 6.76. The van der Waals surface area contributed by atoms with Crippen LogP contribution >= 0.6 is 23.4 Å². The minimum absolute atomic E-state index is 0.251. The lowest BCUT2D eigenvalue weighted by molar-refractivity contribution is -0.142. The Balaban J connectivity index is 1.66. The fourth-order valence-electron chi connectivity index (χ4n) is 2.51. The average Bonchev–Trinajstić information content (AvgIpc) is 3.03. The van der Waals surface area contributed by atoms with E-state index < -0.39 is 11.9 Å². The number of hydrogen-bond acceptors (Lipinski definition) is 5. The summed E-state index contributed by atoms with van der Waals surface area (Å²) in [6.45, 7) is 0. The fourth-order valence-corrected chi connectivity index (χ4v) is 3.37. The number of thioether (sulfide) groups is 1. The third-order valence-electron chi connectivity index (χ3n) is 3.73. The van der Waals surface area contributed by atoms with E-state index >= 15 is 0 Å². The van der Waals surface area contributed by atoms with Crippen LogP contribution in [0, 0.1) is 5.92 Å². The molecule has 1 aliphatic rings. The smallest absolute Gasteiger partial charge is 0.307 e. The Bertz CT molecular complexity index is 714. The van der Waals surface area contributed by atoms with E-state index in [-0.39, 0.29) is 5.92 Å². The van der Waals surface area contributed by atoms with Crippen molar-refractivity contribution in [2.45, 2.75) is 29.4 Å². The van der Waals surface area contributed by atoms with Crippen LogP contribution in [0.3, 0.4) is 0 Å². The van der Waals surface area contributed by atoms with Crippen molar-refractivity contribution >= 4 is 29.3 Å². The maximum Gasteiger partial charge on any atom is 0.307 e. The predicted octanol–water partition coefficient (Wildman–Crippen LogP) is 4.15. The summed E-state index contributed by atoms with van der Waals surface area (Å²) in [5, 5.41) is 18.1. The molecule has 3 rings (SSSR count). The summed E-state index contributed by atoms with van der Waals surface area (Å²) >= 11 is 7.42. The third kappa shape index (κ3) is 3.95. The summed E-state index contributed by atoms with van der Waals surface area (Å²) in [6, 6.07) is 7.51. The van der Waals surface area contributed by atoms with Gasteiger partial charge in [0.2, 0.25) is 11.8 Å². The number of rotatable bonds is 5. The molecule has 0 spiro atoms. The number of carbonyl (C=O) groups is 1. The highest BCUT2D eigenvalue weighted by atomic mass is 35.5. The quantitative estimate of drug-likeness (QED) is 0.644. The molecule has 5 nitrogen and oxygen atoms in total. The van der Waals surface area contributed by atoms with E-state index in [1.807, 2.05) is 36.4 Å². The van der Waals surface area contributed by atoms with E-state index in [0.29, 0.717) is 35.4 Å². The Morgan fingerprint density at radius 3 is 2.74 bits per heavy atom. The number of nitrogens with zero attached hydrogens (tertiary/aromatic N) is 2. The summed E-state index contributed by atoms with van der Waals surface area (Å²) in [5.74, 6) is -0.132. The minimum Gasteiger partial charge on any atom is -0.481 e. The Kier molecular flexibility index (Phi) is 5.03. The summed E-state index contributed by atoms with van der Waals surface area (Å²) in [4.78, 5) is 12.4. The van der Waals surface area contributed by atoms with Gasteiger partial charge in [-0.15, -0.1) is 22.0 Å². The van der Waals surface area contributed by atoms with Gasteiger partial charge < -0.3 is 9.52 Å². The molecule has 1 aromatic carbocycles. The van der Waals surface area contributed by atoms with Crippen molar-refractivity contribution in [3.8, 4) is 0 Å². The molecule has 0 fully saturated rings. The van der Waals surface area contributed by atoms with Crippen LogP contribution in [0.4, 0.5) is 0 Å². The van der Waals surface area contributed by atoms with E-state index in [1.165, 1.54) is 0 Å². The number of allylic oxidation sites excluding steroid dienone is 2. The third-order valence-corrected chi connectivity index (χ3v) is 4.97. The molecule has 1 heterocycles. The van der Waals surface area contributed by atoms with Crippen molar-refractivity contribution in [3.63, 3.8) is 0 Å². The summed E-state index contributed by atoms with van der Waals surface area (Å²) < 4.78 is 5.68. The lowest BCUT2D eigenvalue weighted by Crippen LogP contribution is -2.23. The van der Waals surface area contributed by atoms with Crippen LogP contribution < -0.4 is 0 Å². The molecule has 23 heavy (non-hydrogen) atoms. The standard InChI is InChI=1S/C16H15ClN2O3S/c17-10-5-7-11(8-6-10)23-9-14-18-19-15(22-14)12-3-1-2-4-13(12)16(20)21/h1-2,5-8,12-13H,3-4,9H2,(H,20,21). The summed E-state index contributed by atoms with van der Waals surface area (Å²) in [6.07, 6.45) is 4.97. The molecule has 2 aromatic rings. The zero-order chi connectivity index (χ0) is 16.2. The molecule has 1 N–H and O–H groups in total. The van der Waals surface area contributed by atoms with Crippen LogP contribution in [0.2, 0.25) is 5.02 Å². The Morgan fingerprint density at radius 2 is 2.00 bits per heavy atom. The molecule has 120 valence electrons. The van der Waals surface area contributed by atoms with E-state index in [1.54, 1.807) is 11.8 Å². The molecule has 2 atom stereocenters. The molecule has 1 aromatic heterocycles. The Hall–Kier alpha value is -1.79. The number of aromatic nitrogens is 2. The van der Waals surface area contributed by atoms with E-state index in [2.05, 4.69) is 10.2 Å². The van der Waals surface area contributed by atoms with Gasteiger partial charge in [0, 0.05) is 9.92 Å². The first-order valence-electron chi connectivity index (χ1n) is 7.22. The normalized spacial score (nSPS) is 20.6. The number of benzene rings is 1. The SMILES string of the molecule is O=C(O)C1CC=CCC1c1nnc(CSc2ccc(Cl)cc2)o1. The van der Waals surface area contributed by atoms with Gasteiger partial charge in [-0.2, -0.15) is 0 Å². The summed E-state index contributed by atoms with van der Waals surface area (Å²) in [7, 11) is 0. The first kappa shape index (κ1) is 16.1. The highest BCUT2D eigenvalue weighted by Crippen LogP contribution is 2.34. The van der Waals surface area contributed by atoms with Crippen molar-refractivity contribution in [3.05, 3.63) is 53.2 Å². The molecule has 0 saturated carbocycles. The van der Waals surface area contributed by atoms with Gasteiger partial charge in [-0.3, -0.25) is 4.79 Å². The molecule has 2 unspecified atom stereocenters. The van der Waals surface area contributed by atoms with Crippen LogP contribution in [0.15, 0.2) is 45.7 Å². The highest BCUT2D eigenvalue weighted by Gasteiger charge is 2.33. The lowest BCUT2D eigenvalue weighted by atomic mass is 9.83. The minimum atomic E-state index is -0.824. The van der Waals surface area contributed by atoms with Crippen molar-refractivity contribution in [2.24, 2.45) is 5.92 Å². The molecule has 0 amide bonds. The van der Waals surface area contributed by atoms with Crippen LogP contribution in [0.1, 0.15) is 30.5 Å². The zero-order valence-corrected chi connectivity index (χ0v) is 13.8. The van der Waals surface area contributed by atoms with Crippen LogP contribution in [0.5, 0.6) is 0 Å². The number of hydrogen-bond donors (Lipinski definition) is 1. The van der Waals surface area contributed by atoms with Crippen molar-refractivity contribution in [1.29, 1.82) is 0 Å². The maximum atomic E-state index is 11.3. The number of carboxylic acids is 1. The van der Waals surface area contributed by atoms with Gasteiger partial charge >= 0.3 is 5.97 Å². The van der Waals surface area contributed by atoms with Gasteiger partial charge in [-0.05, 0) is 37.1 Å². The molecule has 1 aliphatic carbocycles. The van der Waals surface area contributed by atoms with Gasteiger partial charge in [0.05, 0.1) is 17.6 Å². The first-order valence-corrected chi connectivity index (χ1v) is 8.58. The number of aliphatic carboxylic acids is 1. The van der Waals surface area contributed by atoms with Gasteiger partial charge in [-0.1, -0.05) is 23.8 Å². The van der Waals surface area contributed by atoms with Crippen molar-refractivity contribution in [1.82, 2.24) is 10.2 Å². The largest absolute Gasteiger partial charge is 0.481 e. The molecule has 0 aliphatic heterocycles. The Labute approximate surface area is 142 Å². The molecule has 0 saturated heterocycles. The van der Waals surface area contributed by atoms with Gasteiger partial charge in [0.15, 0.2) is 0 Å². The molecular weight excluding hydrogens is 336 g/mol. The monoisotopic (exact) mass is 350 g/mol. The van der Waals surface area contributed by atoms with Crippen LogP contribution in [-0.2, 0) is 10.5 Å². The fraction of sp³-hybridized carbons (Fsp3) is 0.312. The molecular formula is C16H15ClN2O3S. The van der Waals surface area contributed by atoms with Gasteiger partial charge in [0.1, 0.15) is 0 Å². The zero-order valence-electron chi connectivity index (χ0n) is 12.2. The van der Waals surface area contributed by atoms with Crippen LogP contribution in [-0.4, -0.2) is 21.3 Å².